The van der Waals surface area contributed by atoms with Crippen molar-refractivity contribution in [1.29, 1.82) is 0 Å². The van der Waals surface area contributed by atoms with Gasteiger partial charge in [-0.1, -0.05) is 11.3 Å². The van der Waals surface area contributed by atoms with Crippen LogP contribution in [0.4, 0.5) is 16.6 Å². The zero-order valence-electron chi connectivity index (χ0n) is 20.8. The number of ether oxygens (including phenoxy) is 1. The lowest BCUT2D eigenvalue weighted by atomic mass is 10.2. The molecule has 13 heteroatoms. The highest BCUT2D eigenvalue weighted by Gasteiger charge is 2.22. The van der Waals surface area contributed by atoms with Gasteiger partial charge in [-0.15, -0.1) is 0 Å². The number of anilines is 3. The highest BCUT2D eigenvalue weighted by Crippen LogP contribution is 2.32. The minimum atomic E-state index is -0.231. The number of fused-ring (bicyclic) bond motifs is 1. The number of nitrogens with zero attached hydrogens (tertiary/aromatic N) is 5. The molecule has 1 aliphatic rings. The first-order valence-electron chi connectivity index (χ1n) is 11.8. The molecule has 0 radical (unpaired) electrons. The van der Waals surface area contributed by atoms with Gasteiger partial charge in [0.05, 0.1) is 36.2 Å². The van der Waals surface area contributed by atoms with Gasteiger partial charge in [-0.25, -0.2) is 4.98 Å². The first kappa shape index (κ1) is 26.8. The van der Waals surface area contributed by atoms with Gasteiger partial charge < -0.3 is 20.3 Å². The lowest BCUT2D eigenvalue weighted by molar-refractivity contribution is -0.119. The number of carbonyl (C=O) groups excluding carboxylic acids is 2. The van der Waals surface area contributed by atoms with Crippen molar-refractivity contribution in [2.24, 2.45) is 0 Å². The van der Waals surface area contributed by atoms with Crippen molar-refractivity contribution in [2.45, 2.75) is 39.3 Å². The largest absolute Gasteiger partial charge is 0.383 e. The van der Waals surface area contributed by atoms with Crippen LogP contribution in [0.3, 0.4) is 0 Å². The molecule has 3 aromatic heterocycles. The minimum absolute atomic E-state index is 0.231. The fraction of sp³-hybridized carbons (Fsp3) is 0.375. The molecule has 0 saturated carbocycles. The van der Waals surface area contributed by atoms with Crippen molar-refractivity contribution in [3.05, 3.63) is 45.6 Å². The van der Waals surface area contributed by atoms with E-state index in [1.54, 1.807) is 19.5 Å². The van der Waals surface area contributed by atoms with E-state index in [9.17, 15) is 9.59 Å². The molecule has 4 heterocycles. The van der Waals surface area contributed by atoms with Crippen molar-refractivity contribution in [2.75, 3.05) is 30.9 Å². The van der Waals surface area contributed by atoms with E-state index in [0.29, 0.717) is 28.3 Å². The van der Waals surface area contributed by atoms with Gasteiger partial charge in [0.1, 0.15) is 4.88 Å². The quantitative estimate of drug-likeness (QED) is 0.257. The average Bonchev–Trinajstić information content (AvgIpc) is 3.69. The van der Waals surface area contributed by atoms with Gasteiger partial charge in [0.15, 0.2) is 10.9 Å². The van der Waals surface area contributed by atoms with Gasteiger partial charge in [0.2, 0.25) is 6.41 Å². The molecule has 11 nitrogen and oxygen atoms in total. The van der Waals surface area contributed by atoms with Crippen LogP contribution >= 0.6 is 27.3 Å². The van der Waals surface area contributed by atoms with Crippen LogP contribution in [0.5, 0.6) is 0 Å². The van der Waals surface area contributed by atoms with Crippen molar-refractivity contribution < 1.29 is 14.3 Å². The van der Waals surface area contributed by atoms with E-state index in [4.69, 9.17) is 4.74 Å². The molecule has 0 spiro atoms. The number of amides is 2. The Balaban J connectivity index is 0.000000270. The van der Waals surface area contributed by atoms with Gasteiger partial charge in [0, 0.05) is 41.8 Å². The second kappa shape index (κ2) is 12.3. The van der Waals surface area contributed by atoms with Gasteiger partial charge in [-0.2, -0.15) is 10.2 Å². The van der Waals surface area contributed by atoms with Crippen LogP contribution in [0.15, 0.2) is 35.2 Å². The molecule has 0 aliphatic carbocycles. The summed E-state index contributed by atoms with van der Waals surface area (Å²) in [4.78, 5) is 29.6. The van der Waals surface area contributed by atoms with Gasteiger partial charge in [-0.05, 0) is 54.8 Å². The third-order valence-electron chi connectivity index (χ3n) is 5.95. The molecule has 4 aromatic rings. The van der Waals surface area contributed by atoms with E-state index in [-0.39, 0.29) is 5.91 Å². The lowest BCUT2D eigenvalue weighted by Crippen LogP contribution is -2.31. The molecule has 0 bridgehead atoms. The number of nitrogens with one attached hydrogen (secondary N) is 3. The summed E-state index contributed by atoms with van der Waals surface area (Å²) in [6.07, 6.45) is 8.32. The summed E-state index contributed by atoms with van der Waals surface area (Å²) in [5.74, 6) is 0.509. The minimum Gasteiger partial charge on any atom is -0.383 e. The van der Waals surface area contributed by atoms with E-state index in [0.717, 1.165) is 59.1 Å². The molecule has 1 aliphatic heterocycles. The molecular formula is C24H29BrN8O3S. The molecule has 3 N–H and O–H groups in total. The zero-order chi connectivity index (χ0) is 26.4. The summed E-state index contributed by atoms with van der Waals surface area (Å²) in [7, 11) is 1.67. The molecule has 5 rings (SSSR count). The second-order valence-corrected chi connectivity index (χ2v) is 10.4. The van der Waals surface area contributed by atoms with Crippen LogP contribution in [0.1, 0.15) is 35.0 Å². The second-order valence-electron chi connectivity index (χ2n) is 8.47. The van der Waals surface area contributed by atoms with Crippen LogP contribution in [-0.2, 0) is 16.1 Å². The van der Waals surface area contributed by atoms with Crippen molar-refractivity contribution >= 4 is 67.1 Å². The Morgan fingerprint density at radius 1 is 1.38 bits per heavy atom. The number of aromatic amines is 1. The van der Waals surface area contributed by atoms with Crippen LogP contribution in [0.25, 0.3) is 10.9 Å². The Kier molecular flexibility index (Phi) is 8.90. The number of likely N-dealkylation sites (tertiary alicyclic amines) is 1. The first-order valence-corrected chi connectivity index (χ1v) is 13.4. The van der Waals surface area contributed by atoms with Gasteiger partial charge in [0.25, 0.3) is 5.91 Å². The predicted octanol–water partition coefficient (Wildman–Crippen LogP) is 4.56. The summed E-state index contributed by atoms with van der Waals surface area (Å²) in [5.41, 5.74) is 2.54. The smallest absolute Gasteiger partial charge is 0.267 e. The normalized spacial score (nSPS) is 14.9. The average molecular weight is 590 g/mol. The molecule has 2 amide bonds. The number of carbonyl (C=O) groups is 2. The number of hydrogen-bond acceptors (Lipinski definition) is 8. The maximum absolute atomic E-state index is 12.7. The molecule has 1 atom stereocenters. The van der Waals surface area contributed by atoms with Gasteiger partial charge >= 0.3 is 0 Å². The van der Waals surface area contributed by atoms with Crippen molar-refractivity contribution in [1.82, 2.24) is 29.9 Å². The predicted molar refractivity (Wildman–Crippen MR) is 147 cm³/mol. The van der Waals surface area contributed by atoms with Crippen LogP contribution < -0.4 is 10.6 Å². The number of benzene rings is 1. The van der Waals surface area contributed by atoms with Gasteiger partial charge in [-0.3, -0.25) is 19.4 Å². The number of H-pyrrole nitrogens is 1. The molecule has 1 fully saturated rings. The van der Waals surface area contributed by atoms with Crippen molar-refractivity contribution in [3.8, 4) is 0 Å². The van der Waals surface area contributed by atoms with Crippen LogP contribution in [0.2, 0.25) is 0 Å². The van der Waals surface area contributed by atoms with E-state index in [1.165, 1.54) is 11.3 Å². The van der Waals surface area contributed by atoms with Crippen molar-refractivity contribution in [3.63, 3.8) is 0 Å². The van der Waals surface area contributed by atoms with E-state index in [2.05, 4.69) is 46.8 Å². The molecule has 1 saturated heterocycles. The number of aryl methyl sites for hydroxylation is 2. The summed E-state index contributed by atoms with van der Waals surface area (Å²) in [6, 6.07) is 4.10. The summed E-state index contributed by atoms with van der Waals surface area (Å²) >= 11 is 4.75. The number of methoxy groups -OCH3 is 1. The standard InChI is InChI=1S/C17H16BrN7OS.C7H13NO2/c1-3-25-8-9(2)15(24-25)22-17-19-7-13(27-17)16(26)21-14-10-6-20-23-12(10)5-4-11(14)18;1-10-5-7-3-2-4-8(7)6-9/h4-8H,3H2,1-2H3,(H,20,23)(H,21,26)(H,19,22,24);6-7H,2-5H2,1H3. The van der Waals surface area contributed by atoms with E-state index >= 15 is 0 Å². The lowest BCUT2D eigenvalue weighted by Gasteiger charge is -2.18. The number of rotatable bonds is 8. The van der Waals surface area contributed by atoms with E-state index < -0.39 is 0 Å². The maximum atomic E-state index is 12.7. The Bertz CT molecular complexity index is 1370. The molecule has 1 unspecified atom stereocenters. The Morgan fingerprint density at radius 3 is 2.95 bits per heavy atom. The number of halogens is 1. The number of aromatic nitrogens is 5. The number of thiazole rings is 1. The van der Waals surface area contributed by atoms with E-state index in [1.807, 2.05) is 41.8 Å². The summed E-state index contributed by atoms with van der Waals surface area (Å²) < 4.78 is 7.59. The highest BCUT2D eigenvalue weighted by molar-refractivity contribution is 9.10. The summed E-state index contributed by atoms with van der Waals surface area (Å²) in [5, 5.41) is 18.9. The Labute approximate surface area is 226 Å². The fourth-order valence-electron chi connectivity index (χ4n) is 4.01. The fourth-order valence-corrected chi connectivity index (χ4v) is 5.16. The topological polar surface area (TPSA) is 130 Å². The van der Waals surface area contributed by atoms with Crippen LogP contribution in [-0.4, -0.2) is 68.5 Å². The molecule has 196 valence electrons. The Morgan fingerprint density at radius 2 is 2.22 bits per heavy atom. The monoisotopic (exact) mass is 588 g/mol. The highest BCUT2D eigenvalue weighted by atomic mass is 79.9. The zero-order valence-corrected chi connectivity index (χ0v) is 23.2. The van der Waals surface area contributed by atoms with Crippen LogP contribution in [0, 0.1) is 6.92 Å². The summed E-state index contributed by atoms with van der Waals surface area (Å²) in [6.45, 7) is 6.38. The SMILES string of the molecule is CCn1cc(C)c(Nc2ncc(C(=O)Nc3c(Br)ccc4[nH]ncc34)s2)n1.COCC1CCCN1C=O. The maximum Gasteiger partial charge on any atom is 0.267 e. The molecule has 37 heavy (non-hydrogen) atoms. The Hall–Kier alpha value is -3.29. The molecular weight excluding hydrogens is 560 g/mol. The first-order chi connectivity index (χ1) is 17.9. The molecule has 1 aromatic carbocycles. The third-order valence-corrected chi connectivity index (χ3v) is 7.52. The third kappa shape index (κ3) is 6.35. The number of hydrogen-bond donors (Lipinski definition) is 3.